The first-order valence-corrected chi connectivity index (χ1v) is 12.9. The van der Waals surface area contributed by atoms with Crippen molar-refractivity contribution in [1.82, 2.24) is 4.57 Å². The monoisotopic (exact) mass is 568 g/mol. The summed E-state index contributed by atoms with van der Waals surface area (Å²) in [6, 6.07) is 7.48. The Hall–Kier alpha value is -4.85. The molecule has 0 unspecified atom stereocenters. The largest absolute Gasteiger partial charge is 0.502 e. The van der Waals surface area contributed by atoms with Crippen LogP contribution in [0.3, 0.4) is 0 Å². The second-order valence-electron chi connectivity index (χ2n) is 8.92. The minimum absolute atomic E-state index is 0.0333. The zero-order valence-electron chi connectivity index (χ0n) is 21.8. The van der Waals surface area contributed by atoms with Crippen molar-refractivity contribution < 1.29 is 29.2 Å². The summed E-state index contributed by atoms with van der Waals surface area (Å²) in [6.45, 7) is 7.01. The maximum atomic E-state index is 13.8. The summed E-state index contributed by atoms with van der Waals surface area (Å²) in [4.78, 5) is 52.6. The Labute approximate surface area is 230 Å². The molecule has 40 heavy (non-hydrogen) atoms. The molecule has 1 aliphatic rings. The average molecular weight is 569 g/mol. The number of para-hydroxylation sites is 1. The maximum Gasteiger partial charge on any atom is 0.338 e. The van der Waals surface area contributed by atoms with Crippen molar-refractivity contribution in [3.05, 3.63) is 98.7 Å². The van der Waals surface area contributed by atoms with E-state index in [9.17, 15) is 34.9 Å². The van der Waals surface area contributed by atoms with Gasteiger partial charge in [-0.25, -0.2) is 9.79 Å². The molecule has 14 heteroatoms. The zero-order chi connectivity index (χ0) is 29.3. The van der Waals surface area contributed by atoms with E-state index < -0.39 is 44.5 Å². The highest BCUT2D eigenvalue weighted by atomic mass is 32.1. The molecule has 2 heterocycles. The Morgan fingerprint density at radius 2 is 1.93 bits per heavy atom. The van der Waals surface area contributed by atoms with Crippen LogP contribution in [0, 0.1) is 20.2 Å². The Morgan fingerprint density at radius 1 is 1.23 bits per heavy atom. The minimum atomic E-state index is -1.000. The van der Waals surface area contributed by atoms with E-state index in [1.807, 2.05) is 13.8 Å². The van der Waals surface area contributed by atoms with Crippen LogP contribution in [0.1, 0.15) is 44.9 Å². The fourth-order valence-electron chi connectivity index (χ4n) is 4.27. The second kappa shape index (κ2) is 11.1. The Bertz CT molecular complexity index is 1750. The van der Waals surface area contributed by atoms with E-state index in [1.54, 1.807) is 38.1 Å². The number of hydrogen-bond donors (Lipinski definition) is 1. The lowest BCUT2D eigenvalue weighted by Crippen LogP contribution is -2.40. The second-order valence-corrected chi connectivity index (χ2v) is 9.93. The average Bonchev–Trinajstić information content (AvgIpc) is 3.18. The number of non-ortho nitro benzene ring substituents is 1. The molecule has 1 N–H and O–H groups in total. The minimum Gasteiger partial charge on any atom is -0.502 e. The van der Waals surface area contributed by atoms with Gasteiger partial charge in [0, 0.05) is 17.2 Å². The predicted molar refractivity (Wildman–Crippen MR) is 144 cm³/mol. The lowest BCUT2D eigenvalue weighted by atomic mass is 9.95. The standard InChI is InChI=1S/C26H24N4O9S/c1-5-38-25(33)21-14(4)27-26-28(22(21)17-8-6-7-9-19(17)39-13(2)3)24(32)20(40-26)11-15-10-16(29(34)35)12-18(23(15)31)30(36)37/h6-13,22,31H,5H2,1-4H3/b20-11+/t22-/m1/s1. The quantitative estimate of drug-likeness (QED) is 0.243. The molecule has 13 nitrogen and oxygen atoms in total. The van der Waals surface area contributed by atoms with Crippen molar-refractivity contribution in [2.45, 2.75) is 39.8 Å². The van der Waals surface area contributed by atoms with Crippen LogP contribution in [0.5, 0.6) is 11.5 Å². The molecule has 0 aliphatic carbocycles. The number of benzene rings is 2. The Morgan fingerprint density at radius 3 is 2.55 bits per heavy atom. The molecule has 1 aromatic heterocycles. The topological polar surface area (TPSA) is 176 Å². The number of phenols is 1. The van der Waals surface area contributed by atoms with E-state index in [1.165, 1.54) is 4.57 Å². The molecule has 0 fully saturated rings. The van der Waals surface area contributed by atoms with E-state index in [0.29, 0.717) is 23.1 Å². The highest BCUT2D eigenvalue weighted by molar-refractivity contribution is 7.07. The lowest BCUT2D eigenvalue weighted by molar-refractivity contribution is -0.394. The smallest absolute Gasteiger partial charge is 0.338 e. The van der Waals surface area contributed by atoms with E-state index >= 15 is 0 Å². The molecule has 0 saturated carbocycles. The number of aromatic hydroxyl groups is 1. The number of nitro benzene ring substituents is 2. The summed E-state index contributed by atoms with van der Waals surface area (Å²) in [5.74, 6) is -1.08. The summed E-state index contributed by atoms with van der Waals surface area (Å²) in [5, 5.41) is 33.2. The summed E-state index contributed by atoms with van der Waals surface area (Å²) in [7, 11) is 0. The van der Waals surface area contributed by atoms with Gasteiger partial charge in [-0.15, -0.1) is 0 Å². The molecular weight excluding hydrogens is 544 g/mol. The van der Waals surface area contributed by atoms with Crippen molar-refractivity contribution >= 4 is 34.8 Å². The van der Waals surface area contributed by atoms with Gasteiger partial charge in [-0.2, -0.15) is 0 Å². The first-order valence-electron chi connectivity index (χ1n) is 12.1. The van der Waals surface area contributed by atoms with Crippen molar-refractivity contribution in [2.24, 2.45) is 4.99 Å². The number of nitrogens with zero attached hydrogens (tertiary/aromatic N) is 4. The lowest BCUT2D eigenvalue weighted by Gasteiger charge is -2.26. The summed E-state index contributed by atoms with van der Waals surface area (Å²) in [5.41, 5.74) is -1.54. The number of esters is 1. The van der Waals surface area contributed by atoms with Crippen LogP contribution in [-0.4, -0.2) is 38.2 Å². The molecule has 2 aromatic carbocycles. The third-order valence-corrected chi connectivity index (χ3v) is 6.87. The molecule has 3 aromatic rings. The van der Waals surface area contributed by atoms with Crippen LogP contribution in [-0.2, 0) is 9.53 Å². The summed E-state index contributed by atoms with van der Waals surface area (Å²) < 4.78 is 12.5. The van der Waals surface area contributed by atoms with Gasteiger partial charge >= 0.3 is 11.7 Å². The summed E-state index contributed by atoms with van der Waals surface area (Å²) in [6.07, 6.45) is 0.900. The Kier molecular flexibility index (Phi) is 7.81. The fourth-order valence-corrected chi connectivity index (χ4v) is 5.31. The number of nitro groups is 2. The third kappa shape index (κ3) is 5.20. The highest BCUT2D eigenvalue weighted by Crippen LogP contribution is 2.37. The number of aromatic nitrogens is 1. The van der Waals surface area contributed by atoms with Crippen LogP contribution in [0.15, 0.2) is 57.5 Å². The van der Waals surface area contributed by atoms with Gasteiger partial charge in [-0.3, -0.25) is 29.6 Å². The van der Waals surface area contributed by atoms with Gasteiger partial charge < -0.3 is 14.6 Å². The van der Waals surface area contributed by atoms with E-state index in [0.717, 1.165) is 23.5 Å². The van der Waals surface area contributed by atoms with E-state index in [2.05, 4.69) is 4.99 Å². The fraction of sp³-hybridized carbons (Fsp3) is 0.269. The predicted octanol–water partition coefficient (Wildman–Crippen LogP) is 3.11. The van der Waals surface area contributed by atoms with Crippen LogP contribution in [0.25, 0.3) is 6.08 Å². The number of rotatable bonds is 8. The van der Waals surface area contributed by atoms with Gasteiger partial charge in [-0.1, -0.05) is 29.5 Å². The molecule has 4 rings (SSSR count). The number of phenolic OH excluding ortho intramolecular Hbond substituents is 1. The number of carbonyl (C=O) groups excluding carboxylic acids is 1. The maximum absolute atomic E-state index is 13.8. The number of hydrogen-bond acceptors (Lipinski definition) is 11. The van der Waals surface area contributed by atoms with Gasteiger partial charge in [0.25, 0.3) is 11.2 Å². The van der Waals surface area contributed by atoms with Gasteiger partial charge in [-0.05, 0) is 39.8 Å². The van der Waals surface area contributed by atoms with Crippen molar-refractivity contribution in [3.63, 3.8) is 0 Å². The third-order valence-electron chi connectivity index (χ3n) is 5.89. The SMILES string of the molecule is CCOC(=O)C1=C(C)N=c2s/c(=C/c3cc([N+](=O)[O-])cc([N+](=O)[O-])c3O)c(=O)n2[C@@H]1c1ccccc1OC(C)C. The molecule has 0 spiro atoms. The van der Waals surface area contributed by atoms with E-state index in [4.69, 9.17) is 9.47 Å². The normalized spacial score (nSPS) is 15.0. The molecule has 0 amide bonds. The number of fused-ring (bicyclic) bond motifs is 1. The first-order chi connectivity index (χ1) is 18.9. The number of carbonyl (C=O) groups is 1. The number of thiazole rings is 1. The Balaban J connectivity index is 2.03. The molecule has 1 aliphatic heterocycles. The van der Waals surface area contributed by atoms with Crippen molar-refractivity contribution in [2.75, 3.05) is 6.61 Å². The van der Waals surface area contributed by atoms with Crippen LogP contribution in [0.4, 0.5) is 11.4 Å². The van der Waals surface area contributed by atoms with Gasteiger partial charge in [0.15, 0.2) is 4.80 Å². The number of allylic oxidation sites excluding steroid dienone is 1. The van der Waals surface area contributed by atoms with E-state index in [-0.39, 0.29) is 33.2 Å². The van der Waals surface area contributed by atoms with Crippen LogP contribution in [0.2, 0.25) is 0 Å². The van der Waals surface area contributed by atoms with Crippen LogP contribution < -0.4 is 19.6 Å². The van der Waals surface area contributed by atoms with Gasteiger partial charge in [0.05, 0.1) is 44.4 Å². The number of ether oxygens (including phenoxy) is 2. The molecule has 0 radical (unpaired) electrons. The summed E-state index contributed by atoms with van der Waals surface area (Å²) >= 11 is 0.893. The van der Waals surface area contributed by atoms with Crippen molar-refractivity contribution in [1.29, 1.82) is 0 Å². The zero-order valence-corrected chi connectivity index (χ0v) is 22.6. The molecule has 208 valence electrons. The highest BCUT2D eigenvalue weighted by Gasteiger charge is 2.35. The molecule has 0 saturated heterocycles. The molecular formula is C26H24N4O9S. The first kappa shape index (κ1) is 28.2. The van der Waals surface area contributed by atoms with Crippen LogP contribution >= 0.6 is 11.3 Å². The van der Waals surface area contributed by atoms with Gasteiger partial charge in [0.1, 0.15) is 11.8 Å². The molecule has 1 atom stereocenters. The molecule has 0 bridgehead atoms. The van der Waals surface area contributed by atoms with Crippen molar-refractivity contribution in [3.8, 4) is 11.5 Å². The van der Waals surface area contributed by atoms with Gasteiger partial charge in [0.2, 0.25) is 5.75 Å².